The molecule has 6 heteroatoms. The second-order valence-electron chi connectivity index (χ2n) is 9.14. The molecule has 1 N–H and O–H groups in total. The molecule has 0 amide bonds. The Morgan fingerprint density at radius 1 is 0.783 bits per heavy atom. The lowest BCUT2D eigenvalue weighted by Crippen LogP contribution is -2.42. The van der Waals surface area contributed by atoms with Crippen molar-refractivity contribution in [3.63, 3.8) is 0 Å². The molecular weight excluding hydrogens is 334 g/mol. The van der Waals surface area contributed by atoms with E-state index < -0.39 is 24.9 Å². The van der Waals surface area contributed by atoms with Gasteiger partial charge in [-0.05, 0) is 69.9 Å². The van der Waals surface area contributed by atoms with E-state index in [0.29, 0.717) is 0 Å². The van der Waals surface area contributed by atoms with Gasteiger partial charge in [0.25, 0.3) is 0 Å². The van der Waals surface area contributed by atoms with Gasteiger partial charge in [-0.1, -0.05) is 25.7 Å². The van der Waals surface area contributed by atoms with Gasteiger partial charge in [-0.25, -0.2) is 0 Å². The number of hydrogen-bond acceptors (Lipinski definition) is 3. The van der Waals surface area contributed by atoms with E-state index >= 15 is 0 Å². The molecule has 0 aliphatic rings. The Balaban J connectivity index is 2.93. The summed E-state index contributed by atoms with van der Waals surface area (Å²) in [4.78, 5) is 3.67. The molecule has 0 saturated heterocycles. The largest absolute Gasteiger partial charge is 0.542 e. The van der Waals surface area contributed by atoms with Crippen LogP contribution in [0.2, 0.25) is 58.9 Å². The average molecular weight is 370 g/mol. The summed E-state index contributed by atoms with van der Waals surface area (Å²) >= 11 is 0. The molecule has 23 heavy (non-hydrogen) atoms. The molecule has 0 aliphatic heterocycles. The highest BCUT2D eigenvalue weighted by atomic mass is 28.4. The number of nitrogens with one attached hydrogen (secondary N) is 1. The third kappa shape index (κ3) is 9.34. The van der Waals surface area contributed by atoms with Crippen molar-refractivity contribution in [2.24, 2.45) is 0 Å². The second kappa shape index (κ2) is 7.55. The maximum absolute atomic E-state index is 6.29. The third-order valence-electron chi connectivity index (χ3n) is 2.91. The smallest absolute Gasteiger partial charge is 0.242 e. The molecule has 0 bridgehead atoms. The van der Waals surface area contributed by atoms with Gasteiger partial charge in [-0.15, -0.1) is 0 Å². The molecule has 0 spiro atoms. The Morgan fingerprint density at radius 3 is 1.78 bits per heavy atom. The summed E-state index contributed by atoms with van der Waals surface area (Å²) < 4.78 is 12.5. The van der Waals surface area contributed by atoms with E-state index in [0.717, 1.165) is 24.5 Å². The van der Waals surface area contributed by atoms with E-state index in [9.17, 15) is 0 Å². The van der Waals surface area contributed by atoms with Crippen molar-refractivity contribution in [3.05, 3.63) is 23.8 Å². The van der Waals surface area contributed by atoms with Crippen molar-refractivity contribution in [1.82, 2.24) is 4.98 Å². The van der Waals surface area contributed by atoms with Gasteiger partial charge in [0, 0.05) is 0 Å². The molecule has 0 radical (unpaired) electrons. The summed E-state index contributed by atoms with van der Waals surface area (Å²) in [5, 5.41) is 0. The van der Waals surface area contributed by atoms with E-state index in [1.54, 1.807) is 0 Å². The first-order valence-corrected chi connectivity index (χ1v) is 18.8. The van der Waals surface area contributed by atoms with Crippen LogP contribution in [0.25, 0.3) is 0 Å². The van der Waals surface area contributed by atoms with Crippen LogP contribution in [0.3, 0.4) is 0 Å². The van der Waals surface area contributed by atoms with Gasteiger partial charge in [0.05, 0.1) is 0 Å². The van der Waals surface area contributed by atoms with Gasteiger partial charge in [0.1, 0.15) is 19.7 Å². The van der Waals surface area contributed by atoms with Crippen LogP contribution in [0.4, 0.5) is 0 Å². The van der Waals surface area contributed by atoms with Crippen LogP contribution in [0.1, 0.15) is 5.56 Å². The van der Waals surface area contributed by atoms with Gasteiger partial charge in [-0.3, -0.25) is 0 Å². The van der Waals surface area contributed by atoms with Crippen LogP contribution in [0.15, 0.2) is 18.2 Å². The maximum atomic E-state index is 6.29. The van der Waals surface area contributed by atoms with Gasteiger partial charge >= 0.3 is 0 Å². The third-order valence-corrected chi connectivity index (χ3v) is 5.88. The zero-order chi connectivity index (χ0) is 17.9. The molecule has 1 aromatic rings. The minimum atomic E-state index is -1.66. The zero-order valence-electron chi connectivity index (χ0n) is 16.5. The van der Waals surface area contributed by atoms with Crippen LogP contribution in [0, 0.1) is 0 Å². The summed E-state index contributed by atoms with van der Waals surface area (Å²) in [6.45, 7) is 21.3. The number of hydrogen-bond donors (Lipinski definition) is 1. The SMILES string of the molecule is C[Si](C)(C)NCCc1ccc(O[Si](C)(C)C)c(O[Si](C)(C)C)c1. The normalized spacial score (nSPS) is 13.1. The molecule has 0 saturated carbocycles. The van der Waals surface area contributed by atoms with Crippen molar-refractivity contribution in [3.8, 4) is 11.5 Å². The topological polar surface area (TPSA) is 30.5 Å². The van der Waals surface area contributed by atoms with Crippen molar-refractivity contribution in [2.45, 2.75) is 65.3 Å². The molecule has 0 fully saturated rings. The Morgan fingerprint density at radius 2 is 1.30 bits per heavy atom. The summed E-state index contributed by atoms with van der Waals surface area (Å²) in [5.74, 6) is 1.84. The molecule has 0 heterocycles. The van der Waals surface area contributed by atoms with Crippen LogP contribution in [-0.4, -0.2) is 31.4 Å². The van der Waals surface area contributed by atoms with Gasteiger partial charge in [-0.2, -0.15) is 0 Å². The van der Waals surface area contributed by atoms with Crippen LogP contribution >= 0.6 is 0 Å². The highest BCUT2D eigenvalue weighted by Crippen LogP contribution is 2.32. The predicted octanol–water partition coefficient (Wildman–Crippen LogP) is 5.08. The number of rotatable bonds is 8. The fourth-order valence-corrected chi connectivity index (χ4v) is 4.64. The lowest BCUT2D eigenvalue weighted by atomic mass is 10.1. The second-order valence-corrected chi connectivity index (χ2v) is 22.8. The first-order chi connectivity index (χ1) is 10.3. The summed E-state index contributed by atoms with van der Waals surface area (Å²) in [7, 11) is -4.51. The summed E-state index contributed by atoms with van der Waals surface area (Å²) in [6, 6.07) is 6.45. The molecule has 3 nitrogen and oxygen atoms in total. The first-order valence-electron chi connectivity index (χ1n) is 8.51. The monoisotopic (exact) mass is 369 g/mol. The Kier molecular flexibility index (Phi) is 6.72. The average Bonchev–Trinajstić information content (AvgIpc) is 2.27. The summed E-state index contributed by atoms with van der Waals surface area (Å²) in [6.07, 6.45) is 1.03. The van der Waals surface area contributed by atoms with Crippen molar-refractivity contribution in [1.29, 1.82) is 0 Å². The van der Waals surface area contributed by atoms with Crippen LogP contribution in [-0.2, 0) is 6.42 Å². The highest BCUT2D eigenvalue weighted by Gasteiger charge is 2.23. The van der Waals surface area contributed by atoms with Gasteiger partial charge < -0.3 is 13.8 Å². The Bertz CT molecular complexity index is 514. The standard InChI is InChI=1S/C17H35NO2Si3/c1-21(2,3)18-13-12-15-10-11-16(19-22(4,5)6)17(14-15)20-23(7,8)9/h10-11,14,18H,12-13H2,1-9H3. The van der Waals surface area contributed by atoms with Gasteiger partial charge in [0.2, 0.25) is 16.6 Å². The minimum Gasteiger partial charge on any atom is -0.542 e. The van der Waals surface area contributed by atoms with Crippen LogP contribution in [0.5, 0.6) is 11.5 Å². The molecule has 0 atom stereocenters. The van der Waals surface area contributed by atoms with E-state index in [4.69, 9.17) is 8.85 Å². The Labute approximate surface area is 146 Å². The molecule has 0 unspecified atom stereocenters. The molecular formula is C17H35NO2Si3. The van der Waals surface area contributed by atoms with Crippen LogP contribution < -0.4 is 13.8 Å². The fraction of sp³-hybridized carbons (Fsp3) is 0.647. The molecule has 0 aromatic heterocycles. The molecule has 0 aliphatic carbocycles. The van der Waals surface area contributed by atoms with Crippen molar-refractivity contribution >= 4 is 24.9 Å². The fourth-order valence-electron chi connectivity index (χ4n) is 2.11. The number of benzene rings is 1. The van der Waals surface area contributed by atoms with Crippen molar-refractivity contribution < 1.29 is 8.85 Å². The first kappa shape index (κ1) is 20.5. The quantitative estimate of drug-likeness (QED) is 0.648. The lowest BCUT2D eigenvalue weighted by molar-refractivity contribution is 0.488. The van der Waals surface area contributed by atoms with Gasteiger partial charge in [0.15, 0.2) is 0 Å². The maximum Gasteiger partial charge on any atom is 0.242 e. The van der Waals surface area contributed by atoms with Crippen molar-refractivity contribution in [2.75, 3.05) is 6.54 Å². The van der Waals surface area contributed by atoms with E-state index in [1.165, 1.54) is 5.56 Å². The van der Waals surface area contributed by atoms with E-state index in [-0.39, 0.29) is 0 Å². The predicted molar refractivity (Wildman–Crippen MR) is 109 cm³/mol. The molecule has 132 valence electrons. The minimum absolute atomic E-state index is 0.911. The van der Waals surface area contributed by atoms with E-state index in [2.05, 4.69) is 82.1 Å². The highest BCUT2D eigenvalue weighted by molar-refractivity contribution is 6.73. The Hall–Kier alpha value is -0.569. The molecule has 1 rings (SSSR count). The molecule has 1 aromatic carbocycles. The summed E-state index contributed by atoms with van der Waals surface area (Å²) in [5.41, 5.74) is 1.31. The lowest BCUT2D eigenvalue weighted by Gasteiger charge is -2.26. The van der Waals surface area contributed by atoms with E-state index in [1.807, 2.05) is 0 Å². The zero-order valence-corrected chi connectivity index (χ0v) is 19.5.